The van der Waals surface area contributed by atoms with Crippen molar-refractivity contribution in [3.8, 4) is 0 Å². The van der Waals surface area contributed by atoms with E-state index in [-0.39, 0.29) is 11.6 Å². The highest BCUT2D eigenvalue weighted by atomic mass is 79.9. The first-order valence-corrected chi connectivity index (χ1v) is 6.88. The molecule has 1 atom stereocenters. The molecule has 0 radical (unpaired) electrons. The van der Waals surface area contributed by atoms with Crippen LogP contribution in [0.1, 0.15) is 28.9 Å². The zero-order valence-electron chi connectivity index (χ0n) is 10.9. The Morgan fingerprint density at radius 3 is 2.70 bits per heavy atom. The van der Waals surface area contributed by atoms with Crippen LogP contribution in [0.3, 0.4) is 0 Å². The third kappa shape index (κ3) is 3.17. The minimum Gasteiger partial charge on any atom is -0.399 e. The summed E-state index contributed by atoms with van der Waals surface area (Å²) < 4.78 is 14.5. The fourth-order valence-corrected chi connectivity index (χ4v) is 2.52. The van der Waals surface area contributed by atoms with Gasteiger partial charge in [0.2, 0.25) is 0 Å². The number of nitrogens with two attached hydrogens (primary N) is 1. The first kappa shape index (κ1) is 14.5. The van der Waals surface area contributed by atoms with Gasteiger partial charge in [-0.05, 0) is 36.8 Å². The highest BCUT2D eigenvalue weighted by molar-refractivity contribution is 9.10. The van der Waals surface area contributed by atoms with Gasteiger partial charge in [-0.3, -0.25) is 4.79 Å². The van der Waals surface area contributed by atoms with E-state index >= 15 is 0 Å². The number of anilines is 1. The van der Waals surface area contributed by atoms with Gasteiger partial charge in [0, 0.05) is 10.2 Å². The summed E-state index contributed by atoms with van der Waals surface area (Å²) in [5.41, 5.74) is 6.80. The van der Waals surface area contributed by atoms with E-state index in [0.717, 1.165) is 10.0 Å². The van der Waals surface area contributed by atoms with Gasteiger partial charge in [0.05, 0.1) is 11.6 Å². The Kier molecular flexibility index (Phi) is 4.39. The summed E-state index contributed by atoms with van der Waals surface area (Å²) >= 11 is 3.42. The summed E-state index contributed by atoms with van der Waals surface area (Å²) in [5, 5.41) is 2.76. The van der Waals surface area contributed by atoms with Crippen LogP contribution in [0.5, 0.6) is 0 Å². The van der Waals surface area contributed by atoms with Gasteiger partial charge in [-0.15, -0.1) is 0 Å². The van der Waals surface area contributed by atoms with E-state index in [0.29, 0.717) is 5.69 Å². The number of rotatable bonds is 3. The van der Waals surface area contributed by atoms with Crippen LogP contribution < -0.4 is 11.1 Å². The lowest BCUT2D eigenvalue weighted by atomic mass is 10.1. The van der Waals surface area contributed by atoms with Gasteiger partial charge in [0.25, 0.3) is 5.91 Å². The molecular weight excluding hydrogens is 323 g/mol. The molecule has 0 heterocycles. The first-order valence-electron chi connectivity index (χ1n) is 6.09. The predicted octanol–water partition coefficient (Wildman–Crippen LogP) is 3.66. The van der Waals surface area contributed by atoms with Gasteiger partial charge in [-0.2, -0.15) is 0 Å². The van der Waals surface area contributed by atoms with Crippen molar-refractivity contribution in [3.05, 3.63) is 63.9 Å². The number of carbonyl (C=O) groups excluding carboxylic acids is 1. The van der Waals surface area contributed by atoms with Crippen LogP contribution in [0, 0.1) is 5.82 Å². The van der Waals surface area contributed by atoms with E-state index in [2.05, 4.69) is 21.2 Å². The van der Waals surface area contributed by atoms with Crippen LogP contribution in [-0.2, 0) is 0 Å². The lowest BCUT2D eigenvalue weighted by Crippen LogP contribution is -2.27. The van der Waals surface area contributed by atoms with Crippen LogP contribution in [0.2, 0.25) is 0 Å². The van der Waals surface area contributed by atoms with E-state index in [4.69, 9.17) is 5.73 Å². The molecule has 104 valence electrons. The Hall–Kier alpha value is -1.88. The minimum absolute atomic E-state index is 0.0519. The molecule has 3 N–H and O–H groups in total. The number of nitrogens with one attached hydrogen (secondary N) is 1. The van der Waals surface area contributed by atoms with Gasteiger partial charge in [-0.25, -0.2) is 4.39 Å². The summed E-state index contributed by atoms with van der Waals surface area (Å²) in [6.45, 7) is 1.84. The molecule has 2 aromatic carbocycles. The number of amides is 1. The molecular formula is C15H14BrFN2O. The molecule has 20 heavy (non-hydrogen) atoms. The average Bonchev–Trinajstić information content (AvgIpc) is 2.41. The molecule has 5 heteroatoms. The van der Waals surface area contributed by atoms with Crippen LogP contribution in [0.25, 0.3) is 0 Å². The molecule has 0 aliphatic carbocycles. The Morgan fingerprint density at radius 2 is 2.00 bits per heavy atom. The second kappa shape index (κ2) is 6.05. The largest absolute Gasteiger partial charge is 0.399 e. The maximum absolute atomic E-state index is 13.6. The van der Waals surface area contributed by atoms with Crippen molar-refractivity contribution in [2.24, 2.45) is 0 Å². The normalized spacial score (nSPS) is 11.9. The van der Waals surface area contributed by atoms with Crippen molar-refractivity contribution in [2.75, 3.05) is 5.73 Å². The quantitative estimate of drug-likeness (QED) is 0.840. The molecule has 0 saturated heterocycles. The van der Waals surface area contributed by atoms with Crippen molar-refractivity contribution in [1.82, 2.24) is 5.32 Å². The third-order valence-electron chi connectivity index (χ3n) is 2.95. The van der Waals surface area contributed by atoms with Crippen LogP contribution in [-0.4, -0.2) is 5.91 Å². The van der Waals surface area contributed by atoms with Gasteiger partial charge in [0.15, 0.2) is 0 Å². The number of halogens is 2. The molecule has 0 saturated carbocycles. The van der Waals surface area contributed by atoms with Crippen LogP contribution in [0.15, 0.2) is 46.9 Å². The summed E-state index contributed by atoms with van der Waals surface area (Å²) in [5.74, 6) is -1.07. The van der Waals surface area contributed by atoms with Crippen LogP contribution in [0.4, 0.5) is 10.1 Å². The lowest BCUT2D eigenvalue weighted by molar-refractivity contribution is 0.0936. The number of hydrogen-bond donors (Lipinski definition) is 2. The van der Waals surface area contributed by atoms with Crippen molar-refractivity contribution in [3.63, 3.8) is 0 Å². The molecule has 2 aromatic rings. The Morgan fingerprint density at radius 1 is 1.30 bits per heavy atom. The van der Waals surface area contributed by atoms with Gasteiger partial charge < -0.3 is 11.1 Å². The average molecular weight is 337 g/mol. The zero-order valence-corrected chi connectivity index (χ0v) is 12.4. The van der Waals surface area contributed by atoms with E-state index in [1.165, 1.54) is 18.2 Å². The number of carbonyl (C=O) groups is 1. The number of benzene rings is 2. The maximum Gasteiger partial charge on any atom is 0.254 e. The number of nitrogen functional groups attached to an aromatic ring is 1. The van der Waals surface area contributed by atoms with Crippen molar-refractivity contribution >= 4 is 27.5 Å². The van der Waals surface area contributed by atoms with Crippen molar-refractivity contribution in [1.29, 1.82) is 0 Å². The van der Waals surface area contributed by atoms with Gasteiger partial charge >= 0.3 is 0 Å². The molecule has 0 aliphatic heterocycles. The predicted molar refractivity (Wildman–Crippen MR) is 80.8 cm³/mol. The van der Waals surface area contributed by atoms with Crippen molar-refractivity contribution in [2.45, 2.75) is 13.0 Å². The molecule has 1 amide bonds. The Balaban J connectivity index is 2.20. The van der Waals surface area contributed by atoms with Crippen molar-refractivity contribution < 1.29 is 9.18 Å². The molecule has 0 spiro atoms. The molecule has 0 aliphatic rings. The highest BCUT2D eigenvalue weighted by Gasteiger charge is 2.16. The molecule has 3 nitrogen and oxygen atoms in total. The molecule has 0 aromatic heterocycles. The summed E-state index contributed by atoms with van der Waals surface area (Å²) in [6, 6.07) is 11.2. The fourth-order valence-electron chi connectivity index (χ4n) is 1.90. The number of hydrogen-bond acceptors (Lipinski definition) is 2. The third-order valence-corrected chi connectivity index (χ3v) is 3.68. The van der Waals surface area contributed by atoms with E-state index in [1.54, 1.807) is 0 Å². The smallest absolute Gasteiger partial charge is 0.254 e. The minimum atomic E-state index is -0.587. The second-order valence-corrected chi connectivity index (χ2v) is 5.31. The Bertz CT molecular complexity index is 646. The van der Waals surface area contributed by atoms with Gasteiger partial charge in [-0.1, -0.05) is 34.1 Å². The molecule has 2 rings (SSSR count). The van der Waals surface area contributed by atoms with E-state index in [9.17, 15) is 9.18 Å². The lowest BCUT2D eigenvalue weighted by Gasteiger charge is -2.16. The van der Waals surface area contributed by atoms with E-state index < -0.39 is 11.7 Å². The summed E-state index contributed by atoms with van der Waals surface area (Å²) in [7, 11) is 0. The summed E-state index contributed by atoms with van der Waals surface area (Å²) in [4.78, 5) is 12.1. The monoisotopic (exact) mass is 336 g/mol. The standard InChI is InChI=1S/C15H14BrFN2O/c1-9(11-4-2-3-5-13(11)16)19-15(20)12-8-10(18)6-7-14(12)17/h2-9H,18H2,1H3,(H,19,20). The molecule has 0 bridgehead atoms. The summed E-state index contributed by atoms with van der Waals surface area (Å²) in [6.07, 6.45) is 0. The Labute approximate surface area is 125 Å². The SMILES string of the molecule is CC(NC(=O)c1cc(N)ccc1F)c1ccccc1Br. The maximum atomic E-state index is 13.6. The highest BCUT2D eigenvalue weighted by Crippen LogP contribution is 2.23. The first-order chi connectivity index (χ1) is 9.49. The fraction of sp³-hybridized carbons (Fsp3) is 0.133. The second-order valence-electron chi connectivity index (χ2n) is 4.46. The van der Waals surface area contributed by atoms with E-state index in [1.807, 2.05) is 31.2 Å². The molecule has 1 unspecified atom stereocenters. The van der Waals surface area contributed by atoms with Crippen LogP contribution >= 0.6 is 15.9 Å². The van der Waals surface area contributed by atoms with Gasteiger partial charge in [0.1, 0.15) is 5.82 Å². The molecule has 0 fully saturated rings. The zero-order chi connectivity index (χ0) is 14.7. The topological polar surface area (TPSA) is 55.1 Å².